The van der Waals surface area contributed by atoms with Gasteiger partial charge < -0.3 is 24.3 Å². The molecule has 1 N–H and O–H groups in total. The summed E-state index contributed by atoms with van der Waals surface area (Å²) in [6.07, 6.45) is 1.86. The molecule has 0 radical (unpaired) electrons. The Hall–Kier alpha value is -2.40. The molecule has 25 heavy (non-hydrogen) atoms. The van der Waals surface area contributed by atoms with E-state index in [0.29, 0.717) is 17.2 Å². The highest BCUT2D eigenvalue weighted by atomic mass is 16.5. The van der Waals surface area contributed by atoms with Crippen LogP contribution in [-0.2, 0) is 12.8 Å². The molecule has 0 amide bonds. The Morgan fingerprint density at radius 1 is 0.920 bits per heavy atom. The lowest BCUT2D eigenvalue weighted by Gasteiger charge is -2.28. The fourth-order valence-corrected chi connectivity index (χ4v) is 3.43. The minimum Gasteiger partial charge on any atom is -0.497 e. The molecule has 2 aromatic carbocycles. The highest BCUT2D eigenvalue weighted by molar-refractivity contribution is 5.54. The molecule has 0 aliphatic carbocycles. The fraction of sp³-hybridized carbons (Fsp3) is 0.400. The van der Waals surface area contributed by atoms with Gasteiger partial charge in [-0.25, -0.2) is 0 Å². The number of hydrogen-bond acceptors (Lipinski definition) is 5. The molecule has 1 atom stereocenters. The Kier molecular flexibility index (Phi) is 5.34. The molecule has 1 aliphatic heterocycles. The predicted octanol–water partition coefficient (Wildman–Crippen LogP) is 3.15. The molecule has 0 bridgehead atoms. The van der Waals surface area contributed by atoms with Crippen LogP contribution in [0.3, 0.4) is 0 Å². The quantitative estimate of drug-likeness (QED) is 0.873. The smallest absolute Gasteiger partial charge is 0.203 e. The van der Waals surface area contributed by atoms with Crippen molar-refractivity contribution in [2.24, 2.45) is 0 Å². The van der Waals surface area contributed by atoms with Gasteiger partial charge in [0.2, 0.25) is 5.75 Å². The number of benzene rings is 2. The van der Waals surface area contributed by atoms with Crippen molar-refractivity contribution in [2.75, 3.05) is 35.0 Å². The molecule has 3 rings (SSSR count). The van der Waals surface area contributed by atoms with E-state index in [9.17, 15) is 0 Å². The van der Waals surface area contributed by atoms with E-state index in [1.54, 1.807) is 28.4 Å². The first kappa shape index (κ1) is 17.4. The van der Waals surface area contributed by atoms with Gasteiger partial charge in [0.05, 0.1) is 28.4 Å². The second-order valence-corrected chi connectivity index (χ2v) is 6.06. The number of fused-ring (bicyclic) bond motifs is 1. The van der Waals surface area contributed by atoms with Gasteiger partial charge >= 0.3 is 0 Å². The topological polar surface area (TPSA) is 49.0 Å². The van der Waals surface area contributed by atoms with Crippen LogP contribution in [0.15, 0.2) is 30.3 Å². The summed E-state index contributed by atoms with van der Waals surface area (Å²) in [4.78, 5) is 0. The number of nitrogens with one attached hydrogen (secondary N) is 1. The van der Waals surface area contributed by atoms with E-state index < -0.39 is 0 Å². The van der Waals surface area contributed by atoms with Gasteiger partial charge in [-0.3, -0.25) is 0 Å². The predicted molar refractivity (Wildman–Crippen MR) is 97.2 cm³/mol. The van der Waals surface area contributed by atoms with Crippen LogP contribution in [0.4, 0.5) is 0 Å². The van der Waals surface area contributed by atoms with E-state index in [1.807, 2.05) is 18.2 Å². The van der Waals surface area contributed by atoms with Crippen LogP contribution in [0.25, 0.3) is 0 Å². The van der Waals surface area contributed by atoms with E-state index in [4.69, 9.17) is 18.9 Å². The highest BCUT2D eigenvalue weighted by Gasteiger charge is 2.22. The van der Waals surface area contributed by atoms with Gasteiger partial charge in [-0.2, -0.15) is 0 Å². The van der Waals surface area contributed by atoms with Crippen molar-refractivity contribution in [3.8, 4) is 23.0 Å². The lowest BCUT2D eigenvalue weighted by Crippen LogP contribution is -2.31. The maximum atomic E-state index is 5.47. The van der Waals surface area contributed by atoms with Crippen LogP contribution in [-0.4, -0.2) is 35.0 Å². The van der Waals surface area contributed by atoms with Crippen molar-refractivity contribution in [1.82, 2.24) is 5.32 Å². The third-order valence-corrected chi connectivity index (χ3v) is 4.67. The minimum atomic E-state index is 0.248. The molecule has 2 aromatic rings. The van der Waals surface area contributed by atoms with Gasteiger partial charge in [0.25, 0.3) is 0 Å². The normalized spacial score (nSPS) is 16.1. The van der Waals surface area contributed by atoms with E-state index in [0.717, 1.165) is 30.7 Å². The summed E-state index contributed by atoms with van der Waals surface area (Å²) in [5.74, 6) is 2.90. The number of methoxy groups -OCH3 is 4. The van der Waals surface area contributed by atoms with Crippen LogP contribution < -0.4 is 24.3 Å². The summed E-state index contributed by atoms with van der Waals surface area (Å²) in [6, 6.07) is 10.6. The van der Waals surface area contributed by atoms with Crippen molar-refractivity contribution in [3.63, 3.8) is 0 Å². The Bertz CT molecular complexity index is 719. The van der Waals surface area contributed by atoms with E-state index in [-0.39, 0.29) is 6.04 Å². The van der Waals surface area contributed by atoms with Crippen molar-refractivity contribution >= 4 is 0 Å². The van der Waals surface area contributed by atoms with Gasteiger partial charge in [-0.1, -0.05) is 6.07 Å². The molecular formula is C20H25NO4. The molecule has 1 heterocycles. The van der Waals surface area contributed by atoms with Crippen LogP contribution in [0.1, 0.15) is 22.7 Å². The van der Waals surface area contributed by atoms with Gasteiger partial charge in [-0.05, 0) is 60.3 Å². The minimum absolute atomic E-state index is 0.248. The second-order valence-electron chi connectivity index (χ2n) is 6.06. The van der Waals surface area contributed by atoms with Gasteiger partial charge in [0, 0.05) is 6.04 Å². The average molecular weight is 343 g/mol. The van der Waals surface area contributed by atoms with E-state index in [1.165, 1.54) is 11.1 Å². The standard InChI is InChI=1S/C20H25NO4/c1-22-15-5-6-16-14(12-15)7-8-21-17(16)9-13-10-18(23-2)20(25-4)19(11-13)24-3/h5-6,10-12,17,21H,7-9H2,1-4H3. The molecule has 5 heteroatoms. The first-order chi connectivity index (χ1) is 12.2. The Balaban J connectivity index is 1.91. The van der Waals surface area contributed by atoms with Gasteiger partial charge in [0.15, 0.2) is 11.5 Å². The fourth-order valence-electron chi connectivity index (χ4n) is 3.43. The van der Waals surface area contributed by atoms with Crippen molar-refractivity contribution in [2.45, 2.75) is 18.9 Å². The zero-order valence-electron chi connectivity index (χ0n) is 15.2. The van der Waals surface area contributed by atoms with Crippen molar-refractivity contribution in [3.05, 3.63) is 47.0 Å². The first-order valence-electron chi connectivity index (χ1n) is 8.39. The SMILES string of the molecule is COc1ccc2c(c1)CCNC2Cc1cc(OC)c(OC)c(OC)c1. The van der Waals surface area contributed by atoms with Crippen LogP contribution in [0.5, 0.6) is 23.0 Å². The molecule has 0 spiro atoms. The lowest BCUT2D eigenvalue weighted by molar-refractivity contribution is 0.323. The van der Waals surface area contributed by atoms with E-state index >= 15 is 0 Å². The molecule has 0 fully saturated rings. The highest BCUT2D eigenvalue weighted by Crippen LogP contribution is 2.39. The zero-order chi connectivity index (χ0) is 17.8. The molecule has 0 saturated heterocycles. The summed E-state index contributed by atoms with van der Waals surface area (Å²) in [7, 11) is 6.60. The third kappa shape index (κ3) is 3.51. The Morgan fingerprint density at radius 3 is 2.24 bits per heavy atom. The molecule has 1 unspecified atom stereocenters. The van der Waals surface area contributed by atoms with Gasteiger partial charge in [0.1, 0.15) is 5.75 Å². The second kappa shape index (κ2) is 7.66. The monoisotopic (exact) mass is 343 g/mol. The summed E-state index contributed by atoms with van der Waals surface area (Å²) < 4.78 is 21.7. The number of rotatable bonds is 6. The summed E-state index contributed by atoms with van der Waals surface area (Å²) in [5.41, 5.74) is 3.80. The van der Waals surface area contributed by atoms with Crippen molar-refractivity contribution < 1.29 is 18.9 Å². The van der Waals surface area contributed by atoms with Crippen LogP contribution in [0, 0.1) is 0 Å². The summed E-state index contributed by atoms with van der Waals surface area (Å²) in [5, 5.41) is 3.61. The van der Waals surface area contributed by atoms with E-state index in [2.05, 4.69) is 17.4 Å². The Labute approximate surface area is 148 Å². The zero-order valence-corrected chi connectivity index (χ0v) is 15.2. The molecule has 0 saturated carbocycles. The van der Waals surface area contributed by atoms with Crippen molar-refractivity contribution in [1.29, 1.82) is 0 Å². The molecular weight excluding hydrogens is 318 g/mol. The summed E-state index contributed by atoms with van der Waals surface area (Å²) >= 11 is 0. The summed E-state index contributed by atoms with van der Waals surface area (Å²) in [6.45, 7) is 0.954. The average Bonchev–Trinajstić information content (AvgIpc) is 2.66. The lowest BCUT2D eigenvalue weighted by atomic mass is 9.90. The molecule has 134 valence electrons. The number of ether oxygens (including phenoxy) is 4. The third-order valence-electron chi connectivity index (χ3n) is 4.67. The maximum Gasteiger partial charge on any atom is 0.203 e. The molecule has 0 aromatic heterocycles. The largest absolute Gasteiger partial charge is 0.497 e. The number of hydrogen-bond donors (Lipinski definition) is 1. The molecule has 1 aliphatic rings. The molecule has 5 nitrogen and oxygen atoms in total. The maximum absolute atomic E-state index is 5.47. The van der Waals surface area contributed by atoms with Crippen LogP contribution >= 0.6 is 0 Å². The van der Waals surface area contributed by atoms with Gasteiger partial charge in [-0.15, -0.1) is 0 Å². The van der Waals surface area contributed by atoms with Crippen LogP contribution in [0.2, 0.25) is 0 Å². The first-order valence-corrected chi connectivity index (χ1v) is 8.39. The Morgan fingerprint density at radius 2 is 1.64 bits per heavy atom.